The number of rotatable bonds is 5. The van der Waals surface area contributed by atoms with E-state index in [1.807, 2.05) is 25.3 Å². The Kier molecular flexibility index (Phi) is 4.56. The molecule has 0 aliphatic rings. The molecular formula is C10H16N4O. The van der Waals surface area contributed by atoms with Crippen molar-refractivity contribution in [3.8, 4) is 0 Å². The number of likely N-dealkylation sites (N-methyl/N-ethyl adjacent to an activating group) is 1. The first-order chi connectivity index (χ1) is 7.26. The van der Waals surface area contributed by atoms with Crippen LogP contribution in [0.1, 0.15) is 12.5 Å². The Hall–Kier alpha value is -1.62. The van der Waals surface area contributed by atoms with E-state index in [2.05, 4.69) is 15.0 Å². The van der Waals surface area contributed by atoms with E-state index in [-0.39, 0.29) is 5.84 Å². The number of aromatic nitrogens is 1. The van der Waals surface area contributed by atoms with E-state index in [9.17, 15) is 0 Å². The van der Waals surface area contributed by atoms with Crippen LogP contribution in [-0.2, 0) is 6.54 Å². The van der Waals surface area contributed by atoms with Gasteiger partial charge in [-0.15, -0.1) is 0 Å². The zero-order valence-corrected chi connectivity index (χ0v) is 8.80. The summed E-state index contributed by atoms with van der Waals surface area (Å²) in [5.41, 5.74) is 6.56. The molecule has 0 aromatic carbocycles. The van der Waals surface area contributed by atoms with Gasteiger partial charge in [0.15, 0.2) is 5.84 Å². The van der Waals surface area contributed by atoms with Crippen molar-refractivity contribution in [3.63, 3.8) is 0 Å². The first kappa shape index (κ1) is 11.5. The molecule has 0 radical (unpaired) electrons. The third-order valence-corrected chi connectivity index (χ3v) is 2.09. The van der Waals surface area contributed by atoms with Crippen LogP contribution in [0.2, 0.25) is 0 Å². The summed E-state index contributed by atoms with van der Waals surface area (Å²) in [6.07, 6.45) is 3.55. The van der Waals surface area contributed by atoms with Gasteiger partial charge in [0.05, 0.1) is 6.54 Å². The molecule has 5 heteroatoms. The van der Waals surface area contributed by atoms with Crippen molar-refractivity contribution in [2.24, 2.45) is 10.9 Å². The van der Waals surface area contributed by atoms with Gasteiger partial charge in [-0.1, -0.05) is 18.1 Å². The third-order valence-electron chi connectivity index (χ3n) is 2.09. The highest BCUT2D eigenvalue weighted by atomic mass is 16.4. The van der Waals surface area contributed by atoms with Gasteiger partial charge in [-0.2, -0.15) is 0 Å². The fourth-order valence-electron chi connectivity index (χ4n) is 1.29. The monoisotopic (exact) mass is 208 g/mol. The van der Waals surface area contributed by atoms with Crippen LogP contribution in [-0.4, -0.2) is 34.0 Å². The van der Waals surface area contributed by atoms with Gasteiger partial charge in [0.25, 0.3) is 0 Å². The Morgan fingerprint density at radius 2 is 2.47 bits per heavy atom. The number of oxime groups is 1. The largest absolute Gasteiger partial charge is 0.409 e. The lowest BCUT2D eigenvalue weighted by Crippen LogP contribution is -2.33. The summed E-state index contributed by atoms with van der Waals surface area (Å²) in [5, 5.41) is 11.4. The highest BCUT2D eigenvalue weighted by molar-refractivity contribution is 5.81. The molecule has 0 saturated heterocycles. The van der Waals surface area contributed by atoms with Crippen LogP contribution in [0.4, 0.5) is 0 Å². The highest BCUT2D eigenvalue weighted by Gasteiger charge is 2.05. The van der Waals surface area contributed by atoms with Gasteiger partial charge in [0.2, 0.25) is 0 Å². The van der Waals surface area contributed by atoms with Crippen molar-refractivity contribution >= 4 is 5.84 Å². The molecule has 3 N–H and O–H groups in total. The minimum Gasteiger partial charge on any atom is -0.409 e. The molecule has 0 bridgehead atoms. The van der Waals surface area contributed by atoms with Crippen LogP contribution in [0.3, 0.4) is 0 Å². The number of amidine groups is 1. The second kappa shape index (κ2) is 5.98. The van der Waals surface area contributed by atoms with E-state index < -0.39 is 0 Å². The molecule has 0 fully saturated rings. The fourth-order valence-corrected chi connectivity index (χ4v) is 1.29. The summed E-state index contributed by atoms with van der Waals surface area (Å²) in [4.78, 5) is 6.10. The molecule has 0 unspecified atom stereocenters. The molecule has 0 spiro atoms. The molecule has 1 heterocycles. The molecular weight excluding hydrogens is 192 g/mol. The lowest BCUT2D eigenvalue weighted by atomic mass is 10.2. The van der Waals surface area contributed by atoms with E-state index in [1.165, 1.54) is 0 Å². The lowest BCUT2D eigenvalue weighted by molar-refractivity contribution is 0.294. The van der Waals surface area contributed by atoms with Gasteiger partial charge in [-0.3, -0.25) is 9.88 Å². The Bertz CT molecular complexity index is 312. The van der Waals surface area contributed by atoms with Crippen LogP contribution < -0.4 is 5.73 Å². The first-order valence-corrected chi connectivity index (χ1v) is 4.84. The normalized spacial score (nSPS) is 12.0. The Balaban J connectivity index is 2.54. The number of nitrogens with two attached hydrogens (primary N) is 1. The van der Waals surface area contributed by atoms with Gasteiger partial charge in [0, 0.05) is 18.9 Å². The van der Waals surface area contributed by atoms with Gasteiger partial charge >= 0.3 is 0 Å². The van der Waals surface area contributed by atoms with Crippen molar-refractivity contribution in [1.82, 2.24) is 9.88 Å². The van der Waals surface area contributed by atoms with Crippen LogP contribution in [0.15, 0.2) is 29.7 Å². The minimum absolute atomic E-state index is 0.223. The zero-order valence-electron chi connectivity index (χ0n) is 8.80. The molecule has 0 aliphatic heterocycles. The maximum Gasteiger partial charge on any atom is 0.153 e. The average molecular weight is 208 g/mol. The molecule has 5 nitrogen and oxygen atoms in total. The van der Waals surface area contributed by atoms with Gasteiger partial charge < -0.3 is 10.9 Å². The van der Waals surface area contributed by atoms with Crippen LogP contribution in [0, 0.1) is 0 Å². The number of hydrogen-bond acceptors (Lipinski definition) is 4. The molecule has 0 saturated carbocycles. The topological polar surface area (TPSA) is 74.7 Å². The fraction of sp³-hybridized carbons (Fsp3) is 0.400. The Morgan fingerprint density at radius 3 is 3.00 bits per heavy atom. The maximum absolute atomic E-state index is 8.47. The summed E-state index contributed by atoms with van der Waals surface area (Å²) in [7, 11) is 0. The highest BCUT2D eigenvalue weighted by Crippen LogP contribution is 2.01. The van der Waals surface area contributed by atoms with Crippen LogP contribution in [0.25, 0.3) is 0 Å². The summed E-state index contributed by atoms with van der Waals surface area (Å²) >= 11 is 0. The third kappa shape index (κ3) is 3.95. The first-order valence-electron chi connectivity index (χ1n) is 4.84. The van der Waals surface area contributed by atoms with Crippen molar-refractivity contribution in [2.45, 2.75) is 13.5 Å². The van der Waals surface area contributed by atoms with Crippen LogP contribution in [0.5, 0.6) is 0 Å². The van der Waals surface area contributed by atoms with Crippen molar-refractivity contribution < 1.29 is 5.21 Å². The summed E-state index contributed by atoms with van der Waals surface area (Å²) in [6, 6.07) is 3.90. The average Bonchev–Trinajstić information content (AvgIpc) is 2.29. The minimum atomic E-state index is 0.223. The molecule has 0 atom stereocenters. The van der Waals surface area contributed by atoms with Crippen molar-refractivity contribution in [3.05, 3.63) is 30.1 Å². The lowest BCUT2D eigenvalue weighted by Gasteiger charge is -2.18. The molecule has 82 valence electrons. The van der Waals surface area contributed by atoms with Gasteiger partial charge in [0.1, 0.15) is 0 Å². The van der Waals surface area contributed by atoms with E-state index in [4.69, 9.17) is 10.9 Å². The summed E-state index contributed by atoms with van der Waals surface area (Å²) < 4.78 is 0. The summed E-state index contributed by atoms with van der Waals surface area (Å²) in [6.45, 7) is 4.08. The van der Waals surface area contributed by atoms with Crippen molar-refractivity contribution in [2.75, 3.05) is 13.1 Å². The van der Waals surface area contributed by atoms with E-state index in [0.29, 0.717) is 6.54 Å². The van der Waals surface area contributed by atoms with Crippen LogP contribution >= 0.6 is 0 Å². The number of nitrogens with zero attached hydrogens (tertiary/aromatic N) is 3. The van der Waals surface area contributed by atoms with Gasteiger partial charge in [-0.25, -0.2) is 0 Å². The van der Waals surface area contributed by atoms with E-state index >= 15 is 0 Å². The molecule has 1 aromatic rings. The number of pyridine rings is 1. The van der Waals surface area contributed by atoms with E-state index in [0.717, 1.165) is 18.7 Å². The zero-order chi connectivity index (χ0) is 11.1. The predicted octanol–water partition coefficient (Wildman–Crippen LogP) is 0.650. The molecule has 0 amide bonds. The standard InChI is InChI=1S/C10H16N4O/c1-2-14(8-10(11)13-15)7-9-4-3-5-12-6-9/h3-6,15H,2,7-8H2,1H3,(H2,11,13). The molecule has 1 aromatic heterocycles. The number of hydrogen-bond donors (Lipinski definition) is 2. The van der Waals surface area contributed by atoms with Gasteiger partial charge in [-0.05, 0) is 18.2 Å². The SMILES string of the molecule is CCN(CC(N)=NO)Cc1cccnc1. The Morgan fingerprint density at radius 1 is 1.67 bits per heavy atom. The van der Waals surface area contributed by atoms with Crippen molar-refractivity contribution in [1.29, 1.82) is 0 Å². The smallest absolute Gasteiger partial charge is 0.153 e. The molecule has 1 rings (SSSR count). The second-order valence-corrected chi connectivity index (χ2v) is 3.26. The Labute approximate surface area is 89.2 Å². The second-order valence-electron chi connectivity index (χ2n) is 3.26. The molecule has 0 aliphatic carbocycles. The summed E-state index contributed by atoms with van der Waals surface area (Å²) in [5.74, 6) is 0.223. The predicted molar refractivity (Wildman–Crippen MR) is 58.6 cm³/mol. The maximum atomic E-state index is 8.47. The quantitative estimate of drug-likeness (QED) is 0.322. The molecule has 15 heavy (non-hydrogen) atoms. The van der Waals surface area contributed by atoms with E-state index in [1.54, 1.807) is 6.20 Å².